The number of halogens is 3. The Labute approximate surface area is 175 Å². The Morgan fingerprint density at radius 3 is 2.06 bits per heavy atom. The lowest BCUT2D eigenvalue weighted by atomic mass is 10.1. The Hall–Kier alpha value is -3.67. The molecule has 0 fully saturated rings. The van der Waals surface area contributed by atoms with Crippen LogP contribution in [0.4, 0.5) is 30.2 Å². The fourth-order valence-electron chi connectivity index (χ4n) is 2.21. The second-order valence-electron chi connectivity index (χ2n) is 6.08. The van der Waals surface area contributed by atoms with Crippen molar-refractivity contribution >= 4 is 33.1 Å². The van der Waals surface area contributed by atoms with Gasteiger partial charge >= 0.3 is 12.1 Å². The number of rotatable bonds is 5. The molecule has 0 radical (unpaired) electrons. The minimum atomic E-state index is -5.08. The van der Waals surface area contributed by atoms with Crippen molar-refractivity contribution in [1.82, 2.24) is 9.97 Å². The van der Waals surface area contributed by atoms with E-state index < -0.39 is 22.2 Å². The average molecular weight is 454 g/mol. The Morgan fingerprint density at radius 2 is 1.55 bits per heavy atom. The first-order valence-corrected chi connectivity index (χ1v) is 10.3. The van der Waals surface area contributed by atoms with Crippen LogP contribution in [0, 0.1) is 0 Å². The van der Waals surface area contributed by atoms with E-state index in [1.165, 1.54) is 0 Å². The van der Waals surface area contributed by atoms with E-state index in [0.29, 0.717) is 5.69 Å². The van der Waals surface area contributed by atoms with Crippen LogP contribution in [0.2, 0.25) is 0 Å². The second-order valence-corrected chi connectivity index (χ2v) is 7.83. The second kappa shape index (κ2) is 9.89. The third kappa shape index (κ3) is 8.30. The van der Waals surface area contributed by atoms with Crippen molar-refractivity contribution < 1.29 is 31.5 Å². The summed E-state index contributed by atoms with van der Waals surface area (Å²) in [5.74, 6) is -2.76. The smallest absolute Gasteiger partial charge is 0.475 e. The lowest BCUT2D eigenvalue weighted by Crippen LogP contribution is -2.21. The number of carboxylic acids is 1. The third-order valence-corrected chi connectivity index (χ3v) is 4.06. The molecule has 0 aliphatic heterocycles. The number of nitrogens with one attached hydrogen (secondary N) is 2. The van der Waals surface area contributed by atoms with E-state index in [-0.39, 0.29) is 0 Å². The summed E-state index contributed by atoms with van der Waals surface area (Å²) < 4.78 is 56.7. The number of nitrogens with zero attached hydrogens (tertiary/aromatic N) is 2. The first-order chi connectivity index (χ1) is 14.4. The van der Waals surface area contributed by atoms with Gasteiger partial charge in [0, 0.05) is 23.6 Å². The van der Waals surface area contributed by atoms with Crippen LogP contribution in [0.25, 0.3) is 11.1 Å². The number of aliphatic carboxylic acids is 1. The molecule has 0 atom stereocenters. The van der Waals surface area contributed by atoms with Crippen molar-refractivity contribution in [3.63, 3.8) is 0 Å². The Balaban J connectivity index is 0.000000423. The van der Waals surface area contributed by atoms with Gasteiger partial charge in [-0.05, 0) is 35.9 Å². The molecule has 8 nitrogen and oxygen atoms in total. The van der Waals surface area contributed by atoms with E-state index in [9.17, 15) is 21.6 Å². The van der Waals surface area contributed by atoms with Crippen molar-refractivity contribution in [2.24, 2.45) is 0 Å². The lowest BCUT2D eigenvalue weighted by Gasteiger charge is -2.09. The zero-order valence-corrected chi connectivity index (χ0v) is 16.8. The van der Waals surface area contributed by atoms with Crippen LogP contribution in [0.1, 0.15) is 0 Å². The molecule has 0 aliphatic rings. The molecule has 12 heteroatoms. The number of hydrogen-bond acceptors (Lipinski definition) is 6. The highest BCUT2D eigenvalue weighted by Crippen LogP contribution is 2.25. The quantitative estimate of drug-likeness (QED) is 0.535. The number of benzene rings is 1. The van der Waals surface area contributed by atoms with E-state index in [2.05, 4.69) is 20.0 Å². The van der Waals surface area contributed by atoms with Crippen molar-refractivity contribution in [1.29, 1.82) is 0 Å². The molecule has 2 aromatic heterocycles. The molecule has 1 aromatic carbocycles. The predicted molar refractivity (Wildman–Crippen MR) is 109 cm³/mol. The molecule has 0 unspecified atom stereocenters. The van der Waals surface area contributed by atoms with Crippen molar-refractivity contribution in [2.45, 2.75) is 6.18 Å². The number of pyridine rings is 2. The van der Waals surface area contributed by atoms with Crippen molar-refractivity contribution in [3.8, 4) is 11.1 Å². The normalized spacial score (nSPS) is 11.1. The molecule has 0 saturated carbocycles. The summed E-state index contributed by atoms with van der Waals surface area (Å²) in [5, 5.41) is 10.4. The molecule has 2 heterocycles. The number of aromatic nitrogens is 2. The fourth-order valence-corrected chi connectivity index (χ4v) is 2.78. The van der Waals surface area contributed by atoms with E-state index >= 15 is 0 Å². The lowest BCUT2D eigenvalue weighted by molar-refractivity contribution is -0.192. The SMILES string of the molecule is CS(=O)(=O)Nc1ccc(-c2cncc(Nc3cccnc3)c2)cc1.O=C(O)C(F)(F)F. The highest BCUT2D eigenvalue weighted by atomic mass is 32.2. The van der Waals surface area contributed by atoms with Crippen LogP contribution >= 0.6 is 0 Å². The number of anilines is 3. The predicted octanol–water partition coefficient (Wildman–Crippen LogP) is 3.89. The monoisotopic (exact) mass is 454 g/mol. The Morgan fingerprint density at radius 1 is 0.935 bits per heavy atom. The van der Waals surface area contributed by atoms with Crippen LogP contribution in [-0.2, 0) is 14.8 Å². The summed E-state index contributed by atoms with van der Waals surface area (Å²) in [6.45, 7) is 0. The van der Waals surface area contributed by atoms with Gasteiger partial charge < -0.3 is 10.4 Å². The van der Waals surface area contributed by atoms with Gasteiger partial charge in [0.15, 0.2) is 0 Å². The van der Waals surface area contributed by atoms with Crippen molar-refractivity contribution in [3.05, 3.63) is 67.3 Å². The Bertz CT molecular complexity index is 1120. The summed E-state index contributed by atoms with van der Waals surface area (Å²) in [7, 11) is -3.27. The van der Waals surface area contributed by atoms with Crippen LogP contribution in [-0.4, -0.2) is 41.9 Å². The van der Waals surface area contributed by atoms with Crippen LogP contribution in [0.5, 0.6) is 0 Å². The van der Waals surface area contributed by atoms with Gasteiger partial charge in [-0.2, -0.15) is 13.2 Å². The highest BCUT2D eigenvalue weighted by molar-refractivity contribution is 7.92. The van der Waals surface area contributed by atoms with E-state index in [4.69, 9.17) is 9.90 Å². The molecule has 0 aliphatic carbocycles. The zero-order valence-electron chi connectivity index (χ0n) is 16.0. The maximum Gasteiger partial charge on any atom is 0.490 e. The fraction of sp³-hybridized carbons (Fsp3) is 0.105. The molecule has 3 N–H and O–H groups in total. The third-order valence-electron chi connectivity index (χ3n) is 3.45. The maximum absolute atomic E-state index is 11.2. The molecular formula is C19H17F3N4O4S. The summed E-state index contributed by atoms with van der Waals surface area (Å²) >= 11 is 0. The molecule has 3 rings (SSSR count). The topological polar surface area (TPSA) is 121 Å². The molecule has 0 spiro atoms. The first-order valence-electron chi connectivity index (χ1n) is 8.44. The number of alkyl halides is 3. The zero-order chi connectivity index (χ0) is 23.1. The van der Waals surface area contributed by atoms with E-state index in [1.54, 1.807) is 36.9 Å². The molecule has 164 valence electrons. The molecule has 0 saturated heterocycles. The molecular weight excluding hydrogens is 437 g/mol. The van der Waals surface area contributed by atoms with E-state index in [0.717, 1.165) is 28.8 Å². The largest absolute Gasteiger partial charge is 0.490 e. The first kappa shape index (κ1) is 23.6. The summed E-state index contributed by atoms with van der Waals surface area (Å²) in [6, 6.07) is 12.9. The van der Waals surface area contributed by atoms with Crippen LogP contribution < -0.4 is 10.0 Å². The minimum Gasteiger partial charge on any atom is -0.475 e. The van der Waals surface area contributed by atoms with Gasteiger partial charge in [-0.25, -0.2) is 13.2 Å². The molecule has 3 aromatic rings. The van der Waals surface area contributed by atoms with Gasteiger partial charge in [-0.15, -0.1) is 0 Å². The number of carboxylic acid groups (broad SMARTS) is 1. The van der Waals surface area contributed by atoms with Gasteiger partial charge in [0.2, 0.25) is 10.0 Å². The molecule has 0 amide bonds. The van der Waals surface area contributed by atoms with Crippen LogP contribution in [0.3, 0.4) is 0 Å². The molecule has 31 heavy (non-hydrogen) atoms. The average Bonchev–Trinajstić information content (AvgIpc) is 2.68. The summed E-state index contributed by atoms with van der Waals surface area (Å²) in [5.41, 5.74) is 4.12. The molecule has 0 bridgehead atoms. The van der Waals surface area contributed by atoms with Gasteiger partial charge in [-0.3, -0.25) is 14.7 Å². The number of sulfonamides is 1. The van der Waals surface area contributed by atoms with Crippen LogP contribution in [0.15, 0.2) is 67.3 Å². The van der Waals surface area contributed by atoms with E-state index in [1.807, 2.05) is 30.3 Å². The Kier molecular flexibility index (Phi) is 7.53. The van der Waals surface area contributed by atoms with Gasteiger partial charge in [0.05, 0.1) is 30.0 Å². The van der Waals surface area contributed by atoms with Gasteiger partial charge in [0.1, 0.15) is 0 Å². The maximum atomic E-state index is 11.2. The van der Waals surface area contributed by atoms with Crippen molar-refractivity contribution in [2.75, 3.05) is 16.3 Å². The summed E-state index contributed by atoms with van der Waals surface area (Å²) in [6.07, 6.45) is 2.98. The van der Waals surface area contributed by atoms with Gasteiger partial charge in [-0.1, -0.05) is 12.1 Å². The minimum absolute atomic E-state index is 0.527. The highest BCUT2D eigenvalue weighted by Gasteiger charge is 2.38. The standard InChI is InChI=1S/C17H16N4O2S.C2HF3O2/c1-24(22,23)21-15-6-4-13(5-7-15)14-9-17(12-19-10-14)20-16-3-2-8-18-11-16;3-2(4,5)1(6)7/h2-12,20-21H,1H3;(H,6,7). The summed E-state index contributed by atoms with van der Waals surface area (Å²) in [4.78, 5) is 17.2. The number of hydrogen-bond donors (Lipinski definition) is 3. The van der Waals surface area contributed by atoms with Gasteiger partial charge in [0.25, 0.3) is 0 Å². The number of carbonyl (C=O) groups is 1.